The van der Waals surface area contributed by atoms with Crippen molar-refractivity contribution in [2.75, 3.05) is 38.0 Å². The molecule has 1 aromatic heterocycles. The lowest BCUT2D eigenvalue weighted by molar-refractivity contribution is 0.103. The summed E-state index contributed by atoms with van der Waals surface area (Å²) in [5.41, 5.74) is 2.34. The van der Waals surface area contributed by atoms with E-state index in [9.17, 15) is 0 Å². The van der Waals surface area contributed by atoms with E-state index in [4.69, 9.17) is 0 Å². The summed E-state index contributed by atoms with van der Waals surface area (Å²) in [5.74, 6) is 0. The second-order valence-corrected chi connectivity index (χ2v) is 5.47. The first-order valence-corrected chi connectivity index (χ1v) is 7.34. The molecule has 106 valence electrons. The molecule has 4 heteroatoms. The molecule has 19 heavy (non-hydrogen) atoms. The summed E-state index contributed by atoms with van der Waals surface area (Å²) in [7, 11) is 0. The van der Waals surface area contributed by atoms with Crippen LogP contribution in [0.15, 0.2) is 18.3 Å². The molecule has 0 bridgehead atoms. The Morgan fingerprint density at radius 2 is 2.00 bits per heavy atom. The first-order chi connectivity index (χ1) is 9.19. The van der Waals surface area contributed by atoms with Gasteiger partial charge in [-0.1, -0.05) is 0 Å². The number of nitrogens with zero attached hydrogens (tertiary/aromatic N) is 3. The van der Waals surface area contributed by atoms with Gasteiger partial charge in [0.15, 0.2) is 0 Å². The van der Waals surface area contributed by atoms with Crippen molar-refractivity contribution in [3.8, 4) is 0 Å². The molecule has 0 unspecified atom stereocenters. The highest BCUT2D eigenvalue weighted by atomic mass is 15.3. The van der Waals surface area contributed by atoms with Crippen LogP contribution in [0.3, 0.4) is 0 Å². The normalized spacial score (nSPS) is 17.9. The Morgan fingerprint density at radius 1 is 1.26 bits per heavy atom. The molecule has 1 aliphatic heterocycles. The average molecular weight is 262 g/mol. The fourth-order valence-corrected chi connectivity index (χ4v) is 2.55. The predicted molar refractivity (Wildman–Crippen MR) is 80.4 cm³/mol. The van der Waals surface area contributed by atoms with Crippen molar-refractivity contribution in [1.82, 2.24) is 14.8 Å². The predicted octanol–water partition coefficient (Wildman–Crippen LogP) is 2.04. The van der Waals surface area contributed by atoms with Gasteiger partial charge in [-0.2, -0.15) is 0 Å². The zero-order valence-electron chi connectivity index (χ0n) is 12.4. The fourth-order valence-electron chi connectivity index (χ4n) is 2.55. The van der Waals surface area contributed by atoms with Crippen LogP contribution in [0.2, 0.25) is 0 Å². The minimum Gasteiger partial charge on any atom is -0.385 e. The Balaban J connectivity index is 1.86. The number of hydrogen-bond donors (Lipinski definition) is 1. The zero-order valence-corrected chi connectivity index (χ0v) is 12.4. The third-order valence-electron chi connectivity index (χ3n) is 3.72. The highest BCUT2D eigenvalue weighted by Crippen LogP contribution is 2.12. The van der Waals surface area contributed by atoms with Gasteiger partial charge in [0.25, 0.3) is 0 Å². The Hall–Kier alpha value is -1.13. The van der Waals surface area contributed by atoms with Crippen LogP contribution in [-0.2, 0) is 6.54 Å². The smallest absolute Gasteiger partial charge is 0.0564 e. The second-order valence-electron chi connectivity index (χ2n) is 5.47. The molecule has 0 atom stereocenters. The second kappa shape index (κ2) is 6.87. The Bertz CT molecular complexity index is 383. The maximum Gasteiger partial charge on any atom is 0.0564 e. The molecule has 1 aliphatic rings. The number of pyridine rings is 1. The monoisotopic (exact) mass is 262 g/mol. The molecule has 0 aliphatic carbocycles. The molecule has 2 rings (SSSR count). The average Bonchev–Trinajstić information content (AvgIpc) is 2.40. The van der Waals surface area contributed by atoms with Gasteiger partial charge in [0.05, 0.1) is 5.69 Å². The standard InChI is InChI=1S/C15H26N4/c1-4-16-14-5-6-17-15(11-14)12-18-7-9-19(10-8-18)13(2)3/h5-6,11,13H,4,7-10,12H2,1-3H3,(H,16,17). The van der Waals surface area contributed by atoms with E-state index >= 15 is 0 Å². The molecular weight excluding hydrogens is 236 g/mol. The topological polar surface area (TPSA) is 31.4 Å². The minimum atomic E-state index is 0.664. The van der Waals surface area contributed by atoms with Crippen LogP contribution < -0.4 is 5.32 Å². The summed E-state index contributed by atoms with van der Waals surface area (Å²) in [5, 5.41) is 3.34. The molecule has 0 saturated carbocycles. The van der Waals surface area contributed by atoms with Gasteiger partial charge in [-0.25, -0.2) is 0 Å². The molecule has 0 aromatic carbocycles. The van der Waals surface area contributed by atoms with Gasteiger partial charge in [-0.3, -0.25) is 14.8 Å². The van der Waals surface area contributed by atoms with Crippen molar-refractivity contribution >= 4 is 5.69 Å². The van der Waals surface area contributed by atoms with Crippen molar-refractivity contribution in [3.05, 3.63) is 24.0 Å². The SMILES string of the molecule is CCNc1ccnc(CN2CCN(C(C)C)CC2)c1. The maximum atomic E-state index is 4.47. The van der Waals surface area contributed by atoms with Crippen LogP contribution >= 0.6 is 0 Å². The summed E-state index contributed by atoms with van der Waals surface area (Å²) < 4.78 is 0. The number of rotatable bonds is 5. The molecule has 0 spiro atoms. The first-order valence-electron chi connectivity index (χ1n) is 7.34. The molecule has 1 fully saturated rings. The van der Waals surface area contributed by atoms with Gasteiger partial charge < -0.3 is 5.32 Å². The number of hydrogen-bond acceptors (Lipinski definition) is 4. The quantitative estimate of drug-likeness (QED) is 0.880. The van der Waals surface area contributed by atoms with E-state index in [1.807, 2.05) is 12.3 Å². The van der Waals surface area contributed by atoms with Crippen molar-refractivity contribution in [3.63, 3.8) is 0 Å². The molecule has 4 nitrogen and oxygen atoms in total. The number of piperazine rings is 1. The number of nitrogens with one attached hydrogen (secondary N) is 1. The summed E-state index contributed by atoms with van der Waals surface area (Å²) in [6.45, 7) is 13.2. The van der Waals surface area contributed by atoms with E-state index in [1.54, 1.807) is 0 Å². The van der Waals surface area contributed by atoms with Gasteiger partial charge >= 0.3 is 0 Å². The third-order valence-corrected chi connectivity index (χ3v) is 3.72. The van der Waals surface area contributed by atoms with E-state index in [-0.39, 0.29) is 0 Å². The van der Waals surface area contributed by atoms with Crippen LogP contribution in [0.5, 0.6) is 0 Å². The van der Waals surface area contributed by atoms with Crippen molar-refractivity contribution in [1.29, 1.82) is 0 Å². The molecule has 1 saturated heterocycles. The van der Waals surface area contributed by atoms with Crippen molar-refractivity contribution in [2.24, 2.45) is 0 Å². The molecule has 1 aromatic rings. The van der Waals surface area contributed by atoms with Gasteiger partial charge in [0.2, 0.25) is 0 Å². The molecule has 0 radical (unpaired) electrons. The molecular formula is C15H26N4. The Morgan fingerprint density at radius 3 is 2.63 bits per heavy atom. The highest BCUT2D eigenvalue weighted by molar-refractivity contribution is 5.42. The van der Waals surface area contributed by atoms with Gasteiger partial charge in [-0.15, -0.1) is 0 Å². The Kier molecular flexibility index (Phi) is 5.16. The molecule has 0 amide bonds. The summed E-state index contributed by atoms with van der Waals surface area (Å²) in [6, 6.07) is 4.86. The molecule has 2 heterocycles. The van der Waals surface area contributed by atoms with Crippen molar-refractivity contribution in [2.45, 2.75) is 33.4 Å². The first kappa shape index (κ1) is 14.3. The zero-order chi connectivity index (χ0) is 13.7. The number of aromatic nitrogens is 1. The van der Waals surface area contributed by atoms with Gasteiger partial charge in [0, 0.05) is 57.2 Å². The lowest BCUT2D eigenvalue weighted by Gasteiger charge is -2.36. The lowest BCUT2D eigenvalue weighted by Crippen LogP contribution is -2.48. The lowest BCUT2D eigenvalue weighted by atomic mass is 10.2. The van der Waals surface area contributed by atoms with Crippen LogP contribution in [0.4, 0.5) is 5.69 Å². The minimum absolute atomic E-state index is 0.664. The summed E-state index contributed by atoms with van der Waals surface area (Å²) >= 11 is 0. The van der Waals surface area contributed by atoms with E-state index in [0.717, 1.165) is 31.9 Å². The fraction of sp³-hybridized carbons (Fsp3) is 0.667. The van der Waals surface area contributed by atoms with Gasteiger partial charge in [-0.05, 0) is 32.9 Å². The van der Waals surface area contributed by atoms with Crippen molar-refractivity contribution < 1.29 is 0 Å². The van der Waals surface area contributed by atoms with E-state index in [2.05, 4.69) is 46.9 Å². The third kappa shape index (κ3) is 4.18. The Labute approximate surface area is 116 Å². The highest BCUT2D eigenvalue weighted by Gasteiger charge is 2.18. The van der Waals surface area contributed by atoms with Crippen LogP contribution in [0, 0.1) is 0 Å². The number of anilines is 1. The van der Waals surface area contributed by atoms with Crippen LogP contribution in [0.1, 0.15) is 26.5 Å². The van der Waals surface area contributed by atoms with E-state index in [0.29, 0.717) is 6.04 Å². The summed E-state index contributed by atoms with van der Waals surface area (Å²) in [4.78, 5) is 9.51. The molecule has 1 N–H and O–H groups in total. The van der Waals surface area contributed by atoms with Crippen LogP contribution in [-0.4, -0.2) is 53.5 Å². The van der Waals surface area contributed by atoms with Crippen LogP contribution in [0.25, 0.3) is 0 Å². The summed E-state index contributed by atoms with van der Waals surface area (Å²) in [6.07, 6.45) is 1.90. The van der Waals surface area contributed by atoms with Gasteiger partial charge in [0.1, 0.15) is 0 Å². The van der Waals surface area contributed by atoms with E-state index < -0.39 is 0 Å². The van der Waals surface area contributed by atoms with E-state index in [1.165, 1.54) is 18.8 Å². The maximum absolute atomic E-state index is 4.47. The largest absolute Gasteiger partial charge is 0.385 e.